The average Bonchev–Trinajstić information content (AvgIpc) is 2.38. The third-order valence-electron chi connectivity index (χ3n) is 2.60. The van der Waals surface area contributed by atoms with Gasteiger partial charge in [0, 0.05) is 11.8 Å². The lowest BCUT2D eigenvalue weighted by molar-refractivity contribution is 0.102. The fraction of sp³-hybridized carbons (Fsp3) is 0.143. The third-order valence-corrected chi connectivity index (χ3v) is 2.60. The van der Waals surface area contributed by atoms with Gasteiger partial charge in [0.2, 0.25) is 0 Å². The molecular formula is C14H14N2O3. The van der Waals surface area contributed by atoms with E-state index in [-0.39, 0.29) is 11.7 Å². The number of amides is 1. The van der Waals surface area contributed by atoms with Crippen LogP contribution < -0.4 is 10.1 Å². The maximum absolute atomic E-state index is 12.0. The molecule has 2 rings (SSSR count). The molecular weight excluding hydrogens is 244 g/mol. The second kappa shape index (κ2) is 5.39. The number of phenols is 1. The topological polar surface area (TPSA) is 71.5 Å². The number of pyridine rings is 1. The molecule has 1 aromatic carbocycles. The van der Waals surface area contributed by atoms with Gasteiger partial charge in [-0.2, -0.15) is 0 Å². The summed E-state index contributed by atoms with van der Waals surface area (Å²) in [5, 5.41) is 12.3. The zero-order valence-electron chi connectivity index (χ0n) is 10.7. The number of carbonyl (C=O) groups excluding carboxylic acids is 1. The predicted octanol–water partition coefficient (Wildman–Crippen LogP) is 2.36. The van der Waals surface area contributed by atoms with Crippen molar-refractivity contribution in [3.8, 4) is 11.5 Å². The Balaban J connectivity index is 2.18. The van der Waals surface area contributed by atoms with Gasteiger partial charge in [0.25, 0.3) is 5.91 Å². The summed E-state index contributed by atoms with van der Waals surface area (Å²) in [6.07, 6.45) is 1.62. The van der Waals surface area contributed by atoms with Gasteiger partial charge in [0.1, 0.15) is 5.82 Å². The molecule has 2 N–H and O–H groups in total. The summed E-state index contributed by atoms with van der Waals surface area (Å²) >= 11 is 0. The van der Waals surface area contributed by atoms with Crippen molar-refractivity contribution in [1.29, 1.82) is 0 Å². The van der Waals surface area contributed by atoms with Crippen LogP contribution in [0.3, 0.4) is 0 Å². The van der Waals surface area contributed by atoms with Crippen molar-refractivity contribution in [3.05, 3.63) is 47.7 Å². The zero-order valence-corrected chi connectivity index (χ0v) is 10.7. The highest BCUT2D eigenvalue weighted by molar-refractivity contribution is 6.04. The number of aromatic hydroxyl groups is 1. The summed E-state index contributed by atoms with van der Waals surface area (Å²) < 4.78 is 4.92. The molecule has 1 heterocycles. The van der Waals surface area contributed by atoms with Crippen LogP contribution in [0.25, 0.3) is 0 Å². The van der Waals surface area contributed by atoms with Crippen molar-refractivity contribution in [1.82, 2.24) is 4.98 Å². The standard InChI is InChI=1S/C14H14N2O3/c1-9-5-6-15-13(7-9)16-14(18)10-3-4-12(19-2)11(17)8-10/h3-8,17H,1-2H3,(H,15,16,18). The highest BCUT2D eigenvalue weighted by Crippen LogP contribution is 2.26. The van der Waals surface area contributed by atoms with Gasteiger partial charge in [-0.1, -0.05) is 0 Å². The van der Waals surface area contributed by atoms with Crippen LogP contribution in [0, 0.1) is 6.92 Å². The molecule has 1 aromatic heterocycles. The molecule has 0 unspecified atom stereocenters. The minimum atomic E-state index is -0.337. The Bertz CT molecular complexity index is 611. The van der Waals surface area contributed by atoms with E-state index < -0.39 is 0 Å². The second-order valence-corrected chi connectivity index (χ2v) is 4.06. The largest absolute Gasteiger partial charge is 0.504 e. The van der Waals surface area contributed by atoms with E-state index in [0.29, 0.717) is 17.1 Å². The monoisotopic (exact) mass is 258 g/mol. The molecule has 0 radical (unpaired) electrons. The number of rotatable bonds is 3. The van der Waals surface area contributed by atoms with Gasteiger partial charge in [-0.25, -0.2) is 4.98 Å². The van der Waals surface area contributed by atoms with Gasteiger partial charge in [-0.05, 0) is 42.8 Å². The molecule has 1 amide bonds. The lowest BCUT2D eigenvalue weighted by Gasteiger charge is -2.07. The summed E-state index contributed by atoms with van der Waals surface area (Å²) in [7, 11) is 1.45. The van der Waals surface area contributed by atoms with Gasteiger partial charge in [-0.15, -0.1) is 0 Å². The summed E-state index contributed by atoms with van der Waals surface area (Å²) in [5.41, 5.74) is 1.34. The van der Waals surface area contributed by atoms with Crippen molar-refractivity contribution < 1.29 is 14.6 Å². The average molecular weight is 258 g/mol. The Morgan fingerprint density at radius 1 is 1.32 bits per heavy atom. The van der Waals surface area contributed by atoms with Gasteiger partial charge in [0.15, 0.2) is 11.5 Å². The summed E-state index contributed by atoms with van der Waals surface area (Å²) in [6, 6.07) is 8.07. The Kier molecular flexibility index (Phi) is 3.66. The van der Waals surface area contributed by atoms with Crippen molar-refractivity contribution in [2.24, 2.45) is 0 Å². The van der Waals surface area contributed by atoms with E-state index in [1.54, 1.807) is 18.3 Å². The van der Waals surface area contributed by atoms with E-state index in [0.717, 1.165) is 5.56 Å². The van der Waals surface area contributed by atoms with Crippen LogP contribution >= 0.6 is 0 Å². The molecule has 0 saturated heterocycles. The molecule has 98 valence electrons. The first-order chi connectivity index (χ1) is 9.10. The number of anilines is 1. The highest BCUT2D eigenvalue weighted by Gasteiger charge is 2.10. The Morgan fingerprint density at radius 2 is 2.11 bits per heavy atom. The van der Waals surface area contributed by atoms with Gasteiger partial charge >= 0.3 is 0 Å². The fourth-order valence-electron chi connectivity index (χ4n) is 1.62. The molecule has 0 saturated carbocycles. The number of ether oxygens (including phenoxy) is 1. The van der Waals surface area contributed by atoms with Crippen LogP contribution in [-0.2, 0) is 0 Å². The molecule has 0 aliphatic carbocycles. The quantitative estimate of drug-likeness (QED) is 0.886. The first-order valence-electron chi connectivity index (χ1n) is 5.71. The molecule has 0 spiro atoms. The van der Waals surface area contributed by atoms with E-state index in [1.165, 1.54) is 19.2 Å². The van der Waals surface area contributed by atoms with Crippen molar-refractivity contribution >= 4 is 11.7 Å². The molecule has 5 heteroatoms. The molecule has 0 aliphatic heterocycles. The normalized spacial score (nSPS) is 10.0. The Hall–Kier alpha value is -2.56. The lowest BCUT2D eigenvalue weighted by atomic mass is 10.2. The fourth-order valence-corrected chi connectivity index (χ4v) is 1.62. The van der Waals surface area contributed by atoms with E-state index in [1.807, 2.05) is 13.0 Å². The third kappa shape index (κ3) is 3.01. The van der Waals surface area contributed by atoms with Gasteiger partial charge in [-0.3, -0.25) is 4.79 Å². The number of phenolic OH excluding ortho intramolecular Hbond substituents is 1. The van der Waals surface area contributed by atoms with Crippen LogP contribution in [0.4, 0.5) is 5.82 Å². The number of hydrogen-bond donors (Lipinski definition) is 2. The molecule has 0 atom stereocenters. The molecule has 0 aliphatic rings. The minimum absolute atomic E-state index is 0.0765. The number of hydrogen-bond acceptors (Lipinski definition) is 4. The van der Waals surface area contributed by atoms with Crippen LogP contribution in [0.1, 0.15) is 15.9 Å². The van der Waals surface area contributed by atoms with Crippen molar-refractivity contribution in [3.63, 3.8) is 0 Å². The molecule has 19 heavy (non-hydrogen) atoms. The van der Waals surface area contributed by atoms with Gasteiger partial charge < -0.3 is 15.2 Å². The van der Waals surface area contributed by atoms with Crippen LogP contribution in [0.2, 0.25) is 0 Å². The number of aromatic nitrogens is 1. The maximum Gasteiger partial charge on any atom is 0.256 e. The zero-order chi connectivity index (χ0) is 13.8. The minimum Gasteiger partial charge on any atom is -0.504 e. The molecule has 2 aromatic rings. The summed E-state index contributed by atoms with van der Waals surface area (Å²) in [5.74, 6) is 0.383. The number of aryl methyl sites for hydroxylation is 1. The highest BCUT2D eigenvalue weighted by atomic mass is 16.5. The maximum atomic E-state index is 12.0. The Morgan fingerprint density at radius 3 is 2.74 bits per heavy atom. The number of nitrogens with one attached hydrogen (secondary N) is 1. The predicted molar refractivity (Wildman–Crippen MR) is 71.6 cm³/mol. The van der Waals surface area contributed by atoms with Crippen LogP contribution in [0.15, 0.2) is 36.5 Å². The molecule has 0 bridgehead atoms. The second-order valence-electron chi connectivity index (χ2n) is 4.06. The van der Waals surface area contributed by atoms with Crippen molar-refractivity contribution in [2.45, 2.75) is 6.92 Å². The van der Waals surface area contributed by atoms with E-state index in [9.17, 15) is 9.90 Å². The lowest BCUT2D eigenvalue weighted by Crippen LogP contribution is -2.12. The Labute approximate surface area is 110 Å². The number of nitrogens with zero attached hydrogens (tertiary/aromatic N) is 1. The summed E-state index contributed by atoms with van der Waals surface area (Å²) in [4.78, 5) is 16.0. The first kappa shape index (κ1) is 12.9. The number of benzene rings is 1. The van der Waals surface area contributed by atoms with Gasteiger partial charge in [0.05, 0.1) is 7.11 Å². The number of methoxy groups -OCH3 is 1. The van der Waals surface area contributed by atoms with E-state index in [2.05, 4.69) is 10.3 Å². The van der Waals surface area contributed by atoms with Crippen molar-refractivity contribution in [2.75, 3.05) is 12.4 Å². The van der Waals surface area contributed by atoms with E-state index >= 15 is 0 Å². The number of carbonyl (C=O) groups is 1. The molecule has 5 nitrogen and oxygen atoms in total. The summed E-state index contributed by atoms with van der Waals surface area (Å²) in [6.45, 7) is 1.91. The van der Waals surface area contributed by atoms with Crippen LogP contribution in [0.5, 0.6) is 11.5 Å². The molecule has 0 fully saturated rings. The first-order valence-corrected chi connectivity index (χ1v) is 5.71. The SMILES string of the molecule is COc1ccc(C(=O)Nc2cc(C)ccn2)cc1O. The van der Waals surface area contributed by atoms with Crippen LogP contribution in [-0.4, -0.2) is 23.1 Å². The smallest absolute Gasteiger partial charge is 0.256 e. The van der Waals surface area contributed by atoms with E-state index in [4.69, 9.17) is 4.74 Å².